The first-order valence-corrected chi connectivity index (χ1v) is 20.8. The van der Waals surface area contributed by atoms with Gasteiger partial charge in [-0.05, 0) is 135 Å². The maximum atomic E-state index is 9.63. The lowest BCUT2D eigenvalue weighted by Crippen LogP contribution is -2.55. The standard InChI is InChI=1S/C54H40N4/c55-32-33-10-8-14-40(25-33)52-56-51(38-11-2-1-3-12-38)57-53(58-52)46-17-5-4-15-43(46)36-20-22-37(23-21-36)44-18-9-13-39-30-50-48(31-47(39)44)45-16-6-7-19-49(45)54(50)41-26-34-24-35(28-41)29-42(54)27-34/h1-23,25,30-31,34-35,41-42H,24,26-29H2. The Kier molecular flexibility index (Phi) is 7.45. The first-order valence-electron chi connectivity index (χ1n) is 20.8. The van der Waals surface area contributed by atoms with Gasteiger partial charge in [0.25, 0.3) is 0 Å². The molecule has 5 aliphatic rings. The molecule has 0 radical (unpaired) electrons. The largest absolute Gasteiger partial charge is 0.208 e. The summed E-state index contributed by atoms with van der Waals surface area (Å²) in [4.78, 5) is 15.0. The Hall–Kier alpha value is -6.70. The van der Waals surface area contributed by atoms with Crippen molar-refractivity contribution in [3.63, 3.8) is 0 Å². The maximum Gasteiger partial charge on any atom is 0.164 e. The van der Waals surface area contributed by atoms with Gasteiger partial charge >= 0.3 is 0 Å². The highest BCUT2D eigenvalue weighted by Crippen LogP contribution is 2.69. The Morgan fingerprint density at radius 3 is 1.76 bits per heavy atom. The molecule has 4 saturated carbocycles. The number of aromatic nitrogens is 3. The van der Waals surface area contributed by atoms with Crippen molar-refractivity contribution >= 4 is 10.8 Å². The zero-order chi connectivity index (χ0) is 38.4. The van der Waals surface area contributed by atoms with Crippen LogP contribution < -0.4 is 0 Å². The van der Waals surface area contributed by atoms with Crippen LogP contribution in [0.25, 0.3) is 78.3 Å². The topological polar surface area (TPSA) is 62.5 Å². The summed E-state index contributed by atoms with van der Waals surface area (Å²) in [6.45, 7) is 0. The van der Waals surface area contributed by atoms with Crippen molar-refractivity contribution in [2.45, 2.75) is 37.5 Å². The monoisotopic (exact) mass is 744 g/mol. The van der Waals surface area contributed by atoms with E-state index in [1.807, 2.05) is 54.6 Å². The number of nitriles is 1. The number of rotatable bonds is 5. The summed E-state index contributed by atoms with van der Waals surface area (Å²) in [5.41, 5.74) is 14.1. The van der Waals surface area contributed by atoms with E-state index in [1.165, 1.54) is 65.1 Å². The van der Waals surface area contributed by atoms with Crippen molar-refractivity contribution in [2.24, 2.45) is 23.7 Å². The SMILES string of the molecule is N#Cc1cccc(-c2nc(-c3ccccc3)nc(-c3ccccc3-c3ccc(-c4cccc5cc6c(cc45)-c4ccccc4C64C5CC6CC(C5)CC4C6)cc3)n2)c1. The van der Waals surface area contributed by atoms with E-state index in [9.17, 15) is 5.26 Å². The Balaban J connectivity index is 0.948. The summed E-state index contributed by atoms with van der Waals surface area (Å²) in [6.07, 6.45) is 7.05. The molecule has 0 amide bonds. The van der Waals surface area contributed by atoms with E-state index in [0.29, 0.717) is 23.0 Å². The van der Waals surface area contributed by atoms with Gasteiger partial charge in [-0.15, -0.1) is 0 Å². The zero-order valence-corrected chi connectivity index (χ0v) is 32.1. The highest BCUT2D eigenvalue weighted by Gasteiger charge is 2.61. The van der Waals surface area contributed by atoms with Gasteiger partial charge in [0, 0.05) is 22.1 Å². The molecule has 1 aromatic heterocycles. The maximum absolute atomic E-state index is 9.63. The smallest absolute Gasteiger partial charge is 0.164 e. The fourth-order valence-corrected chi connectivity index (χ4v) is 12.0. The van der Waals surface area contributed by atoms with Crippen molar-refractivity contribution in [3.8, 4) is 73.6 Å². The van der Waals surface area contributed by atoms with E-state index >= 15 is 0 Å². The predicted molar refractivity (Wildman–Crippen MR) is 232 cm³/mol. The Morgan fingerprint density at radius 2 is 1.02 bits per heavy atom. The lowest BCUT2D eigenvalue weighted by atomic mass is 9.43. The van der Waals surface area contributed by atoms with Crippen LogP contribution in [0.3, 0.4) is 0 Å². The van der Waals surface area contributed by atoms with Gasteiger partial charge < -0.3 is 0 Å². The lowest BCUT2D eigenvalue weighted by molar-refractivity contribution is -0.0399. The van der Waals surface area contributed by atoms with Gasteiger partial charge in [-0.2, -0.15) is 5.26 Å². The van der Waals surface area contributed by atoms with Crippen molar-refractivity contribution in [1.82, 2.24) is 15.0 Å². The molecule has 0 saturated heterocycles. The molecule has 0 atom stereocenters. The van der Waals surface area contributed by atoms with Crippen LogP contribution in [0, 0.1) is 35.0 Å². The van der Waals surface area contributed by atoms with E-state index < -0.39 is 0 Å². The number of nitrogens with zero attached hydrogens (tertiary/aromatic N) is 4. The van der Waals surface area contributed by atoms with Gasteiger partial charge in [0.15, 0.2) is 17.5 Å². The highest BCUT2D eigenvalue weighted by molar-refractivity contribution is 6.02. The molecule has 0 aliphatic heterocycles. The van der Waals surface area contributed by atoms with Crippen LogP contribution in [0.2, 0.25) is 0 Å². The molecular weight excluding hydrogens is 705 g/mol. The Labute approximate surface area is 338 Å². The summed E-state index contributed by atoms with van der Waals surface area (Å²) in [6, 6.07) is 58.5. The third-order valence-corrected chi connectivity index (χ3v) is 14.1. The van der Waals surface area contributed by atoms with Crippen molar-refractivity contribution in [2.75, 3.05) is 0 Å². The van der Waals surface area contributed by atoms with Gasteiger partial charge in [0.2, 0.25) is 0 Å². The summed E-state index contributed by atoms with van der Waals surface area (Å²) in [7, 11) is 0. The Morgan fingerprint density at radius 1 is 0.431 bits per heavy atom. The minimum atomic E-state index is 0.167. The van der Waals surface area contributed by atoms with Gasteiger partial charge in [-0.25, -0.2) is 15.0 Å². The number of hydrogen-bond acceptors (Lipinski definition) is 4. The summed E-state index contributed by atoms with van der Waals surface area (Å²) in [5, 5.41) is 12.3. The average Bonchev–Trinajstić information content (AvgIpc) is 3.56. The number of hydrogen-bond donors (Lipinski definition) is 0. The van der Waals surface area contributed by atoms with Crippen LogP contribution in [0.15, 0.2) is 158 Å². The van der Waals surface area contributed by atoms with Crippen molar-refractivity contribution < 1.29 is 0 Å². The molecule has 13 rings (SSSR count). The van der Waals surface area contributed by atoms with Crippen LogP contribution in [0.4, 0.5) is 0 Å². The van der Waals surface area contributed by atoms with Crippen LogP contribution in [0.5, 0.6) is 0 Å². The van der Waals surface area contributed by atoms with Gasteiger partial charge in [0.1, 0.15) is 0 Å². The highest BCUT2D eigenvalue weighted by atomic mass is 15.0. The quantitative estimate of drug-likeness (QED) is 0.176. The summed E-state index contributed by atoms with van der Waals surface area (Å²) in [5.74, 6) is 5.09. The van der Waals surface area contributed by atoms with Crippen molar-refractivity contribution in [3.05, 3.63) is 174 Å². The second-order valence-electron chi connectivity index (χ2n) is 17.1. The van der Waals surface area contributed by atoms with Gasteiger partial charge in [-0.1, -0.05) is 133 Å². The van der Waals surface area contributed by atoms with Gasteiger partial charge in [-0.3, -0.25) is 0 Å². The van der Waals surface area contributed by atoms with E-state index in [-0.39, 0.29) is 5.41 Å². The molecule has 0 N–H and O–H groups in total. The van der Waals surface area contributed by atoms with E-state index in [4.69, 9.17) is 15.0 Å². The van der Waals surface area contributed by atoms with E-state index in [1.54, 1.807) is 17.2 Å². The van der Waals surface area contributed by atoms with Gasteiger partial charge in [0.05, 0.1) is 11.6 Å². The molecule has 4 bridgehead atoms. The molecule has 1 spiro atoms. The Bertz CT molecular complexity index is 2950. The third-order valence-electron chi connectivity index (χ3n) is 14.1. The fourth-order valence-electron chi connectivity index (χ4n) is 12.0. The van der Waals surface area contributed by atoms with Crippen molar-refractivity contribution in [1.29, 1.82) is 5.26 Å². The lowest BCUT2D eigenvalue weighted by Gasteiger charge is -2.61. The number of fused-ring (bicyclic) bond motifs is 4. The molecule has 58 heavy (non-hydrogen) atoms. The first-order chi connectivity index (χ1) is 28.6. The van der Waals surface area contributed by atoms with Crippen LogP contribution in [0.1, 0.15) is 48.8 Å². The minimum absolute atomic E-state index is 0.167. The third kappa shape index (κ3) is 5.02. The molecule has 5 aliphatic carbocycles. The molecule has 4 heteroatoms. The summed E-state index contributed by atoms with van der Waals surface area (Å²) >= 11 is 0. The van der Waals surface area contributed by atoms with Crippen LogP contribution in [-0.2, 0) is 5.41 Å². The molecule has 0 unspecified atom stereocenters. The minimum Gasteiger partial charge on any atom is -0.208 e. The second-order valence-corrected chi connectivity index (χ2v) is 17.1. The molecule has 7 aromatic carbocycles. The van der Waals surface area contributed by atoms with E-state index in [2.05, 4.69) is 103 Å². The molecular formula is C54H40N4. The predicted octanol–water partition coefficient (Wildman–Crippen LogP) is 13.0. The number of benzene rings is 7. The molecule has 1 heterocycles. The van der Waals surface area contributed by atoms with E-state index in [0.717, 1.165) is 51.5 Å². The second kappa shape index (κ2) is 12.9. The first kappa shape index (κ1) is 33.4. The average molecular weight is 745 g/mol. The molecule has 4 fully saturated rings. The zero-order valence-electron chi connectivity index (χ0n) is 32.1. The molecule has 276 valence electrons. The van der Waals surface area contributed by atoms with Crippen LogP contribution in [-0.4, -0.2) is 15.0 Å². The molecule has 4 nitrogen and oxygen atoms in total. The normalized spacial score (nSPS) is 22.2. The summed E-state index contributed by atoms with van der Waals surface area (Å²) < 4.78 is 0. The fraction of sp³-hybridized carbons (Fsp3) is 0.185. The molecule has 8 aromatic rings. The van der Waals surface area contributed by atoms with Crippen LogP contribution >= 0.6 is 0 Å².